The first kappa shape index (κ1) is 24.7. The summed E-state index contributed by atoms with van der Waals surface area (Å²) in [6.45, 7) is 0.372. The van der Waals surface area contributed by atoms with Gasteiger partial charge in [0, 0.05) is 31.1 Å². The van der Waals surface area contributed by atoms with Gasteiger partial charge in [-0.05, 0) is 48.4 Å². The van der Waals surface area contributed by atoms with Gasteiger partial charge in [-0.15, -0.1) is 0 Å². The number of benzene rings is 2. The molecule has 0 fully saturated rings. The Balaban J connectivity index is 1.49. The average Bonchev–Trinajstić information content (AvgIpc) is 3.65. The van der Waals surface area contributed by atoms with Crippen LogP contribution in [0.15, 0.2) is 52.9 Å². The Morgan fingerprint density at radius 2 is 2.10 bits per heavy atom. The lowest BCUT2D eigenvalue weighted by Gasteiger charge is -2.30. The molecule has 1 amide bonds. The first-order valence-electron chi connectivity index (χ1n) is 12.7. The van der Waals surface area contributed by atoms with Crippen molar-refractivity contribution in [3.05, 3.63) is 71.2 Å². The van der Waals surface area contributed by atoms with E-state index in [0.29, 0.717) is 47.9 Å². The molecule has 4 heterocycles. The smallest absolute Gasteiger partial charge is 0.254 e. The van der Waals surface area contributed by atoms with E-state index in [4.69, 9.17) is 19.9 Å². The Kier molecular flexibility index (Phi) is 6.08. The van der Waals surface area contributed by atoms with Gasteiger partial charge in [-0.25, -0.2) is 9.37 Å². The number of methoxy groups -OCH3 is 1. The molecule has 198 valence electrons. The first-order valence-corrected chi connectivity index (χ1v) is 12.7. The fourth-order valence-corrected chi connectivity index (χ4v) is 5.43. The van der Waals surface area contributed by atoms with Gasteiger partial charge >= 0.3 is 0 Å². The molecular formula is C29H27FN6O3. The Bertz CT molecular complexity index is 1780. The number of aryl methyl sites for hydroxylation is 1. The molecule has 0 saturated heterocycles. The van der Waals surface area contributed by atoms with Gasteiger partial charge in [-0.2, -0.15) is 5.26 Å². The summed E-state index contributed by atoms with van der Waals surface area (Å²) in [5, 5.41) is 10.2. The number of nitrogens with two attached hydrogens (primary N) is 1. The SMILES string of the molecule is COc1cccc2cc(-c3nc4cc5c(cc4n3C)CCN(C[C@H](N)CF)C5=O)n(Cc3ccc(C#N)o3)c12. The van der Waals surface area contributed by atoms with Gasteiger partial charge in [0.1, 0.15) is 24.3 Å². The van der Waals surface area contributed by atoms with Gasteiger partial charge in [0.15, 0.2) is 5.82 Å². The highest BCUT2D eigenvalue weighted by Crippen LogP contribution is 2.36. The van der Waals surface area contributed by atoms with Crippen LogP contribution in [0, 0.1) is 11.3 Å². The number of fused-ring (bicyclic) bond motifs is 3. The summed E-state index contributed by atoms with van der Waals surface area (Å²) in [7, 11) is 3.58. The maximum absolute atomic E-state index is 13.2. The minimum atomic E-state index is -0.696. The molecule has 39 heavy (non-hydrogen) atoms. The van der Waals surface area contributed by atoms with Crippen LogP contribution in [0.2, 0.25) is 0 Å². The van der Waals surface area contributed by atoms with E-state index in [1.165, 1.54) is 0 Å². The van der Waals surface area contributed by atoms with Crippen LogP contribution >= 0.6 is 0 Å². The number of aromatic nitrogens is 3. The summed E-state index contributed by atoms with van der Waals surface area (Å²) in [5.74, 6) is 2.13. The molecule has 2 N–H and O–H groups in total. The van der Waals surface area contributed by atoms with E-state index in [9.17, 15) is 14.4 Å². The second-order valence-corrected chi connectivity index (χ2v) is 9.80. The van der Waals surface area contributed by atoms with Crippen LogP contribution < -0.4 is 10.5 Å². The number of carbonyl (C=O) groups excluding carboxylic acids is 1. The van der Waals surface area contributed by atoms with E-state index in [-0.39, 0.29) is 18.2 Å². The van der Waals surface area contributed by atoms with E-state index >= 15 is 0 Å². The molecule has 2 aromatic carbocycles. The van der Waals surface area contributed by atoms with Crippen molar-refractivity contribution in [2.75, 3.05) is 26.9 Å². The molecule has 0 saturated carbocycles. The summed E-state index contributed by atoms with van der Waals surface area (Å²) >= 11 is 0. The number of alkyl halides is 1. The quantitative estimate of drug-likeness (QED) is 0.343. The second kappa shape index (κ2) is 9.60. The van der Waals surface area contributed by atoms with Gasteiger partial charge < -0.3 is 28.9 Å². The number of imidazole rings is 1. The molecule has 0 unspecified atom stereocenters. The lowest BCUT2D eigenvalue weighted by atomic mass is 9.97. The van der Waals surface area contributed by atoms with E-state index in [1.807, 2.05) is 48.0 Å². The van der Waals surface area contributed by atoms with Crippen LogP contribution in [0.3, 0.4) is 0 Å². The number of halogens is 1. The fraction of sp³-hybridized carbons (Fsp3) is 0.276. The van der Waals surface area contributed by atoms with E-state index in [1.54, 1.807) is 24.1 Å². The number of furan rings is 1. The van der Waals surface area contributed by atoms with Crippen molar-refractivity contribution in [1.29, 1.82) is 5.26 Å². The highest BCUT2D eigenvalue weighted by Gasteiger charge is 2.28. The molecule has 0 aliphatic carbocycles. The van der Waals surface area contributed by atoms with Gasteiger partial charge in [-0.3, -0.25) is 4.79 Å². The predicted octanol–water partition coefficient (Wildman–Crippen LogP) is 4.01. The normalized spacial score (nSPS) is 14.1. The number of carbonyl (C=O) groups is 1. The van der Waals surface area contributed by atoms with Crippen LogP contribution in [0.5, 0.6) is 5.75 Å². The largest absolute Gasteiger partial charge is 0.495 e. The standard InChI is InChI=1S/C29H27FN6O3/c1-34-24-10-17-8-9-35(15-19(32)13-30)29(37)22(17)12-23(24)33-28(34)25-11-18-4-3-5-26(38-2)27(18)36(25)16-21-7-6-20(14-31)39-21/h3-7,10-12,19H,8-9,13,15-16,32H2,1-2H3/t19-/m1/s1. The minimum Gasteiger partial charge on any atom is -0.495 e. The molecule has 1 atom stereocenters. The molecule has 9 nitrogen and oxygen atoms in total. The molecule has 1 aliphatic rings. The van der Waals surface area contributed by atoms with Crippen molar-refractivity contribution in [3.8, 4) is 23.3 Å². The summed E-state index contributed by atoms with van der Waals surface area (Å²) in [5.41, 5.74) is 10.6. The highest BCUT2D eigenvalue weighted by atomic mass is 19.1. The Hall–Kier alpha value is -4.62. The molecule has 5 aromatic rings. The summed E-state index contributed by atoms with van der Waals surface area (Å²) in [6.07, 6.45) is 0.660. The zero-order valence-electron chi connectivity index (χ0n) is 21.6. The monoisotopic (exact) mass is 526 g/mol. The lowest BCUT2D eigenvalue weighted by Crippen LogP contribution is -2.45. The molecule has 0 spiro atoms. The van der Waals surface area contributed by atoms with Crippen LogP contribution in [0.25, 0.3) is 33.5 Å². The third-order valence-electron chi connectivity index (χ3n) is 7.35. The number of hydrogen-bond donors (Lipinski definition) is 1. The Morgan fingerprint density at radius 1 is 1.26 bits per heavy atom. The van der Waals surface area contributed by atoms with Crippen molar-refractivity contribution in [1.82, 2.24) is 19.0 Å². The molecular weight excluding hydrogens is 499 g/mol. The number of rotatable bonds is 7. The van der Waals surface area contributed by atoms with Crippen molar-refractivity contribution >= 4 is 27.8 Å². The molecule has 0 radical (unpaired) electrons. The molecule has 10 heteroatoms. The summed E-state index contributed by atoms with van der Waals surface area (Å²) < 4.78 is 28.5. The summed E-state index contributed by atoms with van der Waals surface area (Å²) in [4.78, 5) is 19.8. The lowest BCUT2D eigenvalue weighted by molar-refractivity contribution is 0.0725. The highest BCUT2D eigenvalue weighted by molar-refractivity contribution is 6.01. The third-order valence-corrected chi connectivity index (χ3v) is 7.35. The van der Waals surface area contributed by atoms with Crippen molar-refractivity contribution < 1.29 is 18.3 Å². The minimum absolute atomic E-state index is 0.154. The number of amides is 1. The fourth-order valence-electron chi connectivity index (χ4n) is 5.43. The molecule has 1 aliphatic heterocycles. The number of nitrogens with zero attached hydrogens (tertiary/aromatic N) is 5. The van der Waals surface area contributed by atoms with E-state index in [2.05, 4.69) is 10.6 Å². The van der Waals surface area contributed by atoms with Gasteiger partial charge in [0.2, 0.25) is 5.76 Å². The maximum Gasteiger partial charge on any atom is 0.254 e. The van der Waals surface area contributed by atoms with Gasteiger partial charge in [0.25, 0.3) is 5.91 Å². The molecule has 6 rings (SSSR count). The van der Waals surface area contributed by atoms with Crippen LogP contribution in [0.1, 0.15) is 27.4 Å². The van der Waals surface area contributed by atoms with Crippen molar-refractivity contribution in [2.24, 2.45) is 12.8 Å². The Morgan fingerprint density at radius 3 is 2.85 bits per heavy atom. The average molecular weight is 527 g/mol. The van der Waals surface area contributed by atoms with Crippen LogP contribution in [0.4, 0.5) is 4.39 Å². The van der Waals surface area contributed by atoms with Crippen LogP contribution in [-0.4, -0.2) is 57.8 Å². The third kappa shape index (κ3) is 4.11. The number of para-hydroxylation sites is 1. The number of nitriles is 1. The van der Waals surface area contributed by atoms with Crippen molar-refractivity contribution in [2.45, 2.75) is 19.0 Å². The summed E-state index contributed by atoms with van der Waals surface area (Å²) in [6, 6.07) is 16.5. The van der Waals surface area contributed by atoms with Gasteiger partial charge in [-0.1, -0.05) is 12.1 Å². The predicted molar refractivity (Wildman–Crippen MR) is 144 cm³/mol. The number of hydrogen-bond acceptors (Lipinski definition) is 6. The van der Waals surface area contributed by atoms with Gasteiger partial charge in [0.05, 0.1) is 41.9 Å². The van der Waals surface area contributed by atoms with E-state index in [0.717, 1.165) is 27.7 Å². The topological polar surface area (TPSA) is 115 Å². The maximum atomic E-state index is 13.2. The number of ether oxygens (including phenoxy) is 1. The second-order valence-electron chi connectivity index (χ2n) is 9.80. The zero-order valence-corrected chi connectivity index (χ0v) is 21.6. The van der Waals surface area contributed by atoms with Crippen LogP contribution in [-0.2, 0) is 20.0 Å². The molecule has 3 aromatic heterocycles. The Labute approximate surface area is 223 Å². The van der Waals surface area contributed by atoms with Crippen molar-refractivity contribution in [3.63, 3.8) is 0 Å². The molecule has 0 bridgehead atoms. The first-order chi connectivity index (χ1) is 18.9. The zero-order chi connectivity index (χ0) is 27.3. The van der Waals surface area contributed by atoms with E-state index < -0.39 is 12.7 Å².